The number of hydrogen-bond donors (Lipinski definition) is 0. The van der Waals surface area contributed by atoms with Crippen molar-refractivity contribution >= 4 is 28.0 Å². The Hall–Kier alpha value is -0.866. The molecule has 2 aliphatic carbocycles. The van der Waals surface area contributed by atoms with Gasteiger partial charge in [-0.15, -0.1) is 0 Å². The largest absolute Gasteiger partial charge is 0.0817 e. The van der Waals surface area contributed by atoms with Crippen LogP contribution in [-0.2, 0) is 0 Å². The summed E-state index contributed by atoms with van der Waals surface area (Å²) in [6.07, 6.45) is 8.66. The van der Waals surface area contributed by atoms with Crippen LogP contribution in [0, 0.1) is 18.8 Å². The number of benzene rings is 1. The molecule has 0 N–H and O–H groups in total. The van der Waals surface area contributed by atoms with Gasteiger partial charge in [0.2, 0.25) is 0 Å². The lowest BCUT2D eigenvalue weighted by Gasteiger charge is -2.26. The van der Waals surface area contributed by atoms with Crippen LogP contribution in [0.2, 0.25) is 25.7 Å². The third kappa shape index (κ3) is 5.00. The Kier molecular flexibility index (Phi) is 6.92. The van der Waals surface area contributed by atoms with Crippen molar-refractivity contribution in [1.29, 1.82) is 0 Å². The molecule has 0 spiro atoms. The molecule has 0 heterocycles. The van der Waals surface area contributed by atoms with E-state index in [-0.39, 0.29) is 0 Å². The molecule has 2 heteroatoms. The molecule has 1 atom stereocenters. The standard InChI is InChI=1S/C26H40Si2/c1-18-13-23(16-24(14-18)28(5,6)7)27-17-26-21(4)19(2)20(3)25(26)15-22-11-9-8-10-12-22/h13-14,16,22,26H,8-12,15,17H2,1-7H3. The van der Waals surface area contributed by atoms with E-state index in [4.69, 9.17) is 0 Å². The molecule has 0 aromatic heterocycles. The summed E-state index contributed by atoms with van der Waals surface area (Å²) in [7, 11) is -0.322. The highest BCUT2D eigenvalue weighted by Gasteiger charge is 2.29. The monoisotopic (exact) mass is 408 g/mol. The van der Waals surface area contributed by atoms with Crippen LogP contribution in [0.3, 0.4) is 0 Å². The molecule has 152 valence electrons. The molecule has 1 aromatic carbocycles. The molecule has 2 aliphatic rings. The summed E-state index contributed by atoms with van der Waals surface area (Å²) < 4.78 is 0. The van der Waals surface area contributed by atoms with Crippen LogP contribution < -0.4 is 10.4 Å². The maximum absolute atomic E-state index is 2.54. The average Bonchev–Trinajstić information content (AvgIpc) is 2.84. The van der Waals surface area contributed by atoms with Gasteiger partial charge in [0.25, 0.3) is 0 Å². The second-order valence-corrected chi connectivity index (χ2v) is 16.9. The Morgan fingerprint density at radius 2 is 1.57 bits per heavy atom. The summed E-state index contributed by atoms with van der Waals surface area (Å²) in [6.45, 7) is 16.9. The highest BCUT2D eigenvalue weighted by atomic mass is 28.3. The van der Waals surface area contributed by atoms with Gasteiger partial charge in [-0.1, -0.05) is 97.0 Å². The van der Waals surface area contributed by atoms with Crippen LogP contribution in [0.25, 0.3) is 0 Å². The zero-order chi connectivity index (χ0) is 20.5. The molecule has 1 fully saturated rings. The van der Waals surface area contributed by atoms with E-state index in [1.807, 2.05) is 0 Å². The highest BCUT2D eigenvalue weighted by Crippen LogP contribution is 2.43. The van der Waals surface area contributed by atoms with Crippen molar-refractivity contribution in [2.45, 2.75) is 91.9 Å². The zero-order valence-electron chi connectivity index (χ0n) is 19.3. The quantitative estimate of drug-likeness (QED) is 0.469. The van der Waals surface area contributed by atoms with Crippen molar-refractivity contribution < 1.29 is 0 Å². The average molecular weight is 409 g/mol. The predicted octanol–water partition coefficient (Wildman–Crippen LogP) is 6.54. The van der Waals surface area contributed by atoms with Crippen molar-refractivity contribution in [2.75, 3.05) is 0 Å². The zero-order valence-corrected chi connectivity index (χ0v) is 21.3. The highest BCUT2D eigenvalue weighted by molar-refractivity contribution is 6.89. The number of hydrogen-bond acceptors (Lipinski definition) is 0. The Bertz CT molecular complexity index is 770. The number of allylic oxidation sites excluding steroid dienone is 4. The molecular formula is C26H40Si2. The fraction of sp³-hybridized carbons (Fsp3) is 0.615. The fourth-order valence-electron chi connectivity index (χ4n) is 5.13. The SMILES string of the molecule is CC1=C(C)C(C[Si]c2cc(C)cc([Si](C)(C)C)c2)C(CC2CCCCC2)=C1C. The molecule has 0 aliphatic heterocycles. The normalized spacial score (nSPS) is 21.8. The summed E-state index contributed by atoms with van der Waals surface area (Å²) in [5, 5.41) is 3.21. The van der Waals surface area contributed by atoms with Crippen LogP contribution in [0.4, 0.5) is 0 Å². The first-order chi connectivity index (χ1) is 13.2. The summed E-state index contributed by atoms with van der Waals surface area (Å²) in [6, 6.07) is 8.73. The Labute approximate surface area is 177 Å². The molecule has 2 radical (unpaired) electrons. The minimum Gasteiger partial charge on any atom is -0.0656 e. The van der Waals surface area contributed by atoms with E-state index in [2.05, 4.69) is 65.5 Å². The van der Waals surface area contributed by atoms with Gasteiger partial charge in [0.15, 0.2) is 0 Å². The lowest BCUT2D eigenvalue weighted by atomic mass is 9.81. The smallest absolute Gasteiger partial charge is 0.0656 e. The molecular weight excluding hydrogens is 368 g/mol. The van der Waals surface area contributed by atoms with E-state index < -0.39 is 8.07 Å². The van der Waals surface area contributed by atoms with E-state index in [9.17, 15) is 0 Å². The lowest BCUT2D eigenvalue weighted by molar-refractivity contribution is 0.350. The Morgan fingerprint density at radius 3 is 2.21 bits per heavy atom. The van der Waals surface area contributed by atoms with Gasteiger partial charge in [-0.25, -0.2) is 0 Å². The molecule has 28 heavy (non-hydrogen) atoms. The van der Waals surface area contributed by atoms with E-state index in [1.54, 1.807) is 32.7 Å². The fourth-order valence-corrected chi connectivity index (χ4v) is 8.11. The summed E-state index contributed by atoms with van der Waals surface area (Å²) in [5.41, 5.74) is 8.13. The summed E-state index contributed by atoms with van der Waals surface area (Å²) >= 11 is 0. The van der Waals surface area contributed by atoms with Gasteiger partial charge in [0, 0.05) is 0 Å². The van der Waals surface area contributed by atoms with Gasteiger partial charge in [-0.3, -0.25) is 0 Å². The first-order valence-electron chi connectivity index (χ1n) is 11.4. The Morgan fingerprint density at radius 1 is 0.893 bits per heavy atom. The molecule has 3 rings (SSSR count). The number of aryl methyl sites for hydroxylation is 1. The maximum Gasteiger partial charge on any atom is 0.0817 e. The van der Waals surface area contributed by atoms with Gasteiger partial charge in [0.05, 0.1) is 17.6 Å². The third-order valence-corrected chi connectivity index (χ3v) is 10.6. The molecule has 1 saturated carbocycles. The second-order valence-electron chi connectivity index (χ2n) is 10.4. The van der Waals surface area contributed by atoms with Crippen LogP contribution in [0.5, 0.6) is 0 Å². The van der Waals surface area contributed by atoms with Crippen molar-refractivity contribution in [2.24, 2.45) is 11.8 Å². The minimum atomic E-state index is -1.25. The molecule has 0 bridgehead atoms. The van der Waals surface area contributed by atoms with Crippen LogP contribution >= 0.6 is 0 Å². The van der Waals surface area contributed by atoms with Gasteiger partial charge in [-0.05, 0) is 63.1 Å². The molecule has 1 aromatic rings. The molecule has 1 unspecified atom stereocenters. The van der Waals surface area contributed by atoms with Crippen LogP contribution in [0.1, 0.15) is 64.9 Å². The van der Waals surface area contributed by atoms with Crippen molar-refractivity contribution in [3.8, 4) is 0 Å². The summed E-state index contributed by atoms with van der Waals surface area (Å²) in [5.74, 6) is 1.65. The Balaban J connectivity index is 1.75. The van der Waals surface area contributed by atoms with Crippen molar-refractivity contribution in [3.05, 3.63) is 46.1 Å². The minimum absolute atomic E-state index is 0.705. The van der Waals surface area contributed by atoms with E-state index in [0.29, 0.717) is 5.92 Å². The summed E-state index contributed by atoms with van der Waals surface area (Å²) in [4.78, 5) is 0. The molecule has 0 saturated heterocycles. The van der Waals surface area contributed by atoms with Crippen LogP contribution in [-0.4, -0.2) is 17.6 Å². The third-order valence-electron chi connectivity index (χ3n) is 7.27. The van der Waals surface area contributed by atoms with Gasteiger partial charge in [0.1, 0.15) is 0 Å². The first kappa shape index (κ1) is 21.8. The van der Waals surface area contributed by atoms with E-state index in [1.165, 1.54) is 50.1 Å². The topological polar surface area (TPSA) is 0 Å². The van der Waals surface area contributed by atoms with Gasteiger partial charge in [-0.2, -0.15) is 0 Å². The van der Waals surface area contributed by atoms with Crippen LogP contribution in [0.15, 0.2) is 40.5 Å². The maximum atomic E-state index is 2.54. The number of rotatable bonds is 6. The first-order valence-corrected chi connectivity index (χ1v) is 16.1. The lowest BCUT2D eigenvalue weighted by Crippen LogP contribution is -2.40. The van der Waals surface area contributed by atoms with Crippen molar-refractivity contribution in [3.63, 3.8) is 0 Å². The van der Waals surface area contributed by atoms with E-state index in [0.717, 1.165) is 15.4 Å². The molecule has 0 nitrogen and oxygen atoms in total. The second kappa shape index (κ2) is 8.87. The molecule has 0 amide bonds. The van der Waals surface area contributed by atoms with Crippen molar-refractivity contribution in [1.82, 2.24) is 0 Å². The van der Waals surface area contributed by atoms with Gasteiger partial charge >= 0.3 is 0 Å². The van der Waals surface area contributed by atoms with E-state index >= 15 is 0 Å². The predicted molar refractivity (Wildman–Crippen MR) is 130 cm³/mol. The van der Waals surface area contributed by atoms with Gasteiger partial charge < -0.3 is 0 Å².